The van der Waals surface area contributed by atoms with Gasteiger partial charge in [0.05, 0.1) is 0 Å². The summed E-state index contributed by atoms with van der Waals surface area (Å²) in [6.07, 6.45) is 0. The number of nitrogens with zero attached hydrogens (tertiary/aromatic N) is 1. The topological polar surface area (TPSA) is 20.3 Å². The van der Waals surface area contributed by atoms with Crippen LogP contribution in [0.15, 0.2) is 23.0 Å². The molecular weight excluding hydrogens is 333 g/mol. The summed E-state index contributed by atoms with van der Waals surface area (Å²) in [5.41, 5.74) is 0.969. The minimum atomic E-state index is -0.104. The molecule has 2 aromatic rings. The van der Waals surface area contributed by atoms with E-state index in [2.05, 4.69) is 0 Å². The van der Waals surface area contributed by atoms with Gasteiger partial charge in [0.2, 0.25) is 0 Å². The molecule has 2 rings (SSSR count). The molecule has 0 aliphatic heterocycles. The highest BCUT2D eigenvalue weighted by Gasteiger charge is 2.13. The summed E-state index contributed by atoms with van der Waals surface area (Å²) in [5, 5.41) is 2.23. The third-order valence-corrected chi connectivity index (χ3v) is 5.55. The van der Waals surface area contributed by atoms with Gasteiger partial charge in [-0.25, -0.2) is 0 Å². The summed E-state index contributed by atoms with van der Waals surface area (Å²) in [5.74, 6) is 0. The Balaban J connectivity index is 2.23. The van der Waals surface area contributed by atoms with E-state index in [9.17, 15) is 4.79 Å². The van der Waals surface area contributed by atoms with Crippen LogP contribution < -0.4 is 9.64 Å². The average molecular weight is 341 g/mol. The number of benzene rings is 1. The van der Waals surface area contributed by atoms with Crippen LogP contribution in [0.4, 0.5) is 5.00 Å². The van der Waals surface area contributed by atoms with E-state index in [1.807, 2.05) is 24.1 Å². The molecule has 0 fully saturated rings. The highest BCUT2D eigenvalue weighted by atomic mass is 35.5. The molecule has 7 heteroatoms. The zero-order valence-corrected chi connectivity index (χ0v) is 13.1. The first-order chi connectivity index (χ1) is 8.47. The van der Waals surface area contributed by atoms with Gasteiger partial charge >= 0.3 is 0 Å². The quantitative estimate of drug-likeness (QED) is 0.750. The molecule has 0 N–H and O–H groups in total. The predicted molar refractivity (Wildman–Crippen MR) is 82.0 cm³/mol. The molecule has 2 nitrogen and oxygen atoms in total. The van der Waals surface area contributed by atoms with E-state index < -0.39 is 0 Å². The standard InChI is InChI=1S/C11H8Cl3NOS2/c1-15(10-9(14)11(16)18-17-10)5-6-2-7(12)4-8(13)3-6/h2-4H,5H2,1H3. The Kier molecular flexibility index (Phi) is 4.56. The molecule has 1 aromatic carbocycles. The number of hydrogen-bond donors (Lipinski definition) is 0. The molecule has 0 aliphatic rings. The van der Waals surface area contributed by atoms with Crippen molar-refractivity contribution < 1.29 is 0 Å². The number of halogens is 3. The lowest BCUT2D eigenvalue weighted by atomic mass is 10.2. The summed E-state index contributed by atoms with van der Waals surface area (Å²) < 4.78 is -0.104. The van der Waals surface area contributed by atoms with Gasteiger partial charge in [-0.2, -0.15) is 0 Å². The molecule has 0 bridgehead atoms. The minimum absolute atomic E-state index is 0.104. The second kappa shape index (κ2) is 5.80. The lowest BCUT2D eigenvalue weighted by Gasteiger charge is -2.17. The molecule has 0 saturated carbocycles. The maximum absolute atomic E-state index is 11.3. The van der Waals surface area contributed by atoms with Gasteiger partial charge < -0.3 is 4.90 Å². The lowest BCUT2D eigenvalue weighted by Crippen LogP contribution is -2.16. The van der Waals surface area contributed by atoms with E-state index in [4.69, 9.17) is 34.8 Å². The highest BCUT2D eigenvalue weighted by Crippen LogP contribution is 2.31. The van der Waals surface area contributed by atoms with Gasteiger partial charge in [0, 0.05) is 23.6 Å². The molecular formula is C11H8Cl3NOS2. The molecule has 1 aromatic heterocycles. The fourth-order valence-electron chi connectivity index (χ4n) is 1.52. The third kappa shape index (κ3) is 3.19. The summed E-state index contributed by atoms with van der Waals surface area (Å²) in [6.45, 7) is 0.590. The monoisotopic (exact) mass is 339 g/mol. The average Bonchev–Trinajstić information content (AvgIpc) is 2.58. The van der Waals surface area contributed by atoms with Gasteiger partial charge in [-0.15, -0.1) is 0 Å². The highest BCUT2D eigenvalue weighted by molar-refractivity contribution is 7.70. The van der Waals surface area contributed by atoms with E-state index in [-0.39, 0.29) is 9.77 Å². The summed E-state index contributed by atoms with van der Waals surface area (Å²) >= 11 is 17.8. The number of hydrogen-bond acceptors (Lipinski definition) is 4. The zero-order valence-electron chi connectivity index (χ0n) is 9.25. The Morgan fingerprint density at radius 1 is 1.11 bits per heavy atom. The van der Waals surface area contributed by atoms with Crippen LogP contribution in [0, 0.1) is 0 Å². The molecule has 0 aliphatic carbocycles. The van der Waals surface area contributed by atoms with Crippen LogP contribution in [-0.2, 0) is 6.54 Å². The van der Waals surface area contributed by atoms with E-state index in [0.29, 0.717) is 16.6 Å². The summed E-state index contributed by atoms with van der Waals surface area (Å²) in [4.78, 5) is 13.2. The van der Waals surface area contributed by atoms with Crippen LogP contribution in [0.25, 0.3) is 0 Å². The Labute approximate surface area is 127 Å². The summed E-state index contributed by atoms with van der Waals surface area (Å²) in [6, 6.07) is 5.36. The van der Waals surface area contributed by atoms with Crippen molar-refractivity contribution in [3.8, 4) is 0 Å². The molecule has 96 valence electrons. The van der Waals surface area contributed by atoms with Crippen molar-refractivity contribution in [3.63, 3.8) is 0 Å². The van der Waals surface area contributed by atoms with Crippen molar-refractivity contribution in [3.05, 3.63) is 48.4 Å². The van der Waals surface area contributed by atoms with Gasteiger partial charge in [0.25, 0.3) is 4.74 Å². The molecule has 0 spiro atoms. The molecule has 0 atom stereocenters. The van der Waals surface area contributed by atoms with Gasteiger partial charge in [0.15, 0.2) is 0 Å². The van der Waals surface area contributed by atoms with Gasteiger partial charge in [0.1, 0.15) is 10.0 Å². The Morgan fingerprint density at radius 2 is 1.72 bits per heavy atom. The molecule has 0 unspecified atom stereocenters. The van der Waals surface area contributed by atoms with Crippen molar-refractivity contribution in [2.24, 2.45) is 0 Å². The minimum Gasteiger partial charge on any atom is -0.360 e. The molecule has 0 radical (unpaired) electrons. The van der Waals surface area contributed by atoms with Crippen LogP contribution in [0.1, 0.15) is 5.56 Å². The van der Waals surface area contributed by atoms with Crippen LogP contribution in [0.5, 0.6) is 0 Å². The fourth-order valence-corrected chi connectivity index (χ4v) is 4.83. The first-order valence-electron chi connectivity index (χ1n) is 4.92. The van der Waals surface area contributed by atoms with Gasteiger partial charge in [-0.3, -0.25) is 4.79 Å². The maximum Gasteiger partial charge on any atom is 0.263 e. The Bertz CT molecular complexity index is 603. The predicted octanol–water partition coefficient (Wildman–Crippen LogP) is 4.77. The van der Waals surface area contributed by atoms with Crippen LogP contribution in [0.2, 0.25) is 15.1 Å². The molecule has 0 saturated heterocycles. The fraction of sp³-hybridized carbons (Fsp3) is 0.182. The van der Waals surface area contributed by atoms with Crippen molar-refractivity contribution in [2.75, 3.05) is 11.9 Å². The van der Waals surface area contributed by atoms with Crippen molar-refractivity contribution in [1.29, 1.82) is 0 Å². The molecule has 0 amide bonds. The Hall–Kier alpha value is -0.260. The number of rotatable bonds is 3. The second-order valence-electron chi connectivity index (χ2n) is 3.71. The van der Waals surface area contributed by atoms with Gasteiger partial charge in [-0.1, -0.05) is 45.1 Å². The van der Waals surface area contributed by atoms with E-state index in [1.165, 1.54) is 10.3 Å². The normalized spacial score (nSPS) is 10.7. The van der Waals surface area contributed by atoms with Crippen molar-refractivity contribution in [1.82, 2.24) is 0 Å². The first-order valence-corrected chi connectivity index (χ1v) is 8.20. The molecule has 18 heavy (non-hydrogen) atoms. The zero-order chi connectivity index (χ0) is 13.3. The molecule has 1 heterocycles. The second-order valence-corrected chi connectivity index (χ2v) is 7.05. The van der Waals surface area contributed by atoms with Gasteiger partial charge in [-0.05, 0) is 34.1 Å². The smallest absolute Gasteiger partial charge is 0.263 e. The largest absolute Gasteiger partial charge is 0.360 e. The SMILES string of the molecule is CN(Cc1cc(Cl)cc(Cl)c1)c1ssc(=O)c1Cl. The summed E-state index contributed by atoms with van der Waals surface area (Å²) in [7, 11) is 4.38. The van der Waals surface area contributed by atoms with Crippen LogP contribution in [0.3, 0.4) is 0 Å². The number of anilines is 1. The Morgan fingerprint density at radius 3 is 2.22 bits per heavy atom. The van der Waals surface area contributed by atoms with E-state index >= 15 is 0 Å². The lowest BCUT2D eigenvalue weighted by molar-refractivity contribution is 0.935. The van der Waals surface area contributed by atoms with E-state index in [0.717, 1.165) is 20.9 Å². The van der Waals surface area contributed by atoms with Crippen molar-refractivity contribution >= 4 is 60.5 Å². The van der Waals surface area contributed by atoms with Crippen LogP contribution in [-0.4, -0.2) is 7.05 Å². The maximum atomic E-state index is 11.3. The third-order valence-electron chi connectivity index (χ3n) is 2.25. The van der Waals surface area contributed by atoms with Crippen LogP contribution >= 0.6 is 55.5 Å². The first kappa shape index (κ1) is 14.2. The van der Waals surface area contributed by atoms with E-state index in [1.54, 1.807) is 6.07 Å². The van der Waals surface area contributed by atoms with Crippen molar-refractivity contribution in [2.45, 2.75) is 6.54 Å².